The van der Waals surface area contributed by atoms with Crippen LogP contribution < -0.4 is 0 Å². The Kier molecular flexibility index (Phi) is 12.3. The molecule has 0 fully saturated rings. The summed E-state index contributed by atoms with van der Waals surface area (Å²) < 4.78 is 0. The van der Waals surface area contributed by atoms with Crippen molar-refractivity contribution < 1.29 is 0 Å². The molecule has 144 valence electrons. The molecule has 0 saturated heterocycles. The molecular weight excluding hydrogens is 326 g/mol. The molecule has 0 aromatic carbocycles. The predicted octanol–water partition coefficient (Wildman–Crippen LogP) is 8.13. The molecule has 0 nitrogen and oxygen atoms in total. The highest BCUT2D eigenvalue weighted by Gasteiger charge is 2.09. The van der Waals surface area contributed by atoms with Crippen LogP contribution in [0.1, 0.15) is 83.1 Å². The fourth-order valence-corrected chi connectivity index (χ4v) is 3.25. The van der Waals surface area contributed by atoms with Crippen LogP contribution in [0, 0.1) is 10.8 Å². The first-order chi connectivity index (χ1) is 10.4. The van der Waals surface area contributed by atoms with Crippen LogP contribution in [0.4, 0.5) is 0 Å². The maximum absolute atomic E-state index is 2.32. The zero-order valence-corrected chi connectivity index (χ0v) is 20.7. The van der Waals surface area contributed by atoms with Crippen LogP contribution in [0.5, 0.6) is 0 Å². The van der Waals surface area contributed by atoms with E-state index in [4.69, 9.17) is 0 Å². The van der Waals surface area contributed by atoms with Crippen LogP contribution in [-0.4, -0.2) is 22.6 Å². The van der Waals surface area contributed by atoms with Crippen molar-refractivity contribution in [2.24, 2.45) is 10.8 Å². The molecule has 0 heterocycles. The van der Waals surface area contributed by atoms with Gasteiger partial charge in [0.2, 0.25) is 0 Å². The third-order valence-electron chi connectivity index (χ3n) is 2.74. The fraction of sp³-hybridized carbons (Fsp3) is 0.818. The van der Waals surface area contributed by atoms with Crippen molar-refractivity contribution in [2.75, 3.05) is 12.3 Å². The zero-order chi connectivity index (χ0) is 19.7. The van der Waals surface area contributed by atoms with E-state index in [1.807, 2.05) is 0 Å². The van der Waals surface area contributed by atoms with Crippen LogP contribution in [0.25, 0.3) is 0 Å². The summed E-state index contributed by atoms with van der Waals surface area (Å²) in [5.74, 6) is 0. The van der Waals surface area contributed by atoms with E-state index < -0.39 is 0 Å². The van der Waals surface area contributed by atoms with E-state index in [0.717, 1.165) is 17.2 Å². The second-order valence-corrected chi connectivity index (χ2v) is 15.3. The Morgan fingerprint density at radius 3 is 0.917 bits per heavy atom. The average Bonchev–Trinajstić information content (AvgIpc) is 2.27. The maximum atomic E-state index is 2.32. The summed E-state index contributed by atoms with van der Waals surface area (Å²) in [7, 11) is 2.08. The minimum Gasteiger partial charge on any atom is -0.113 e. The van der Waals surface area contributed by atoms with Gasteiger partial charge in [-0.2, -0.15) is 0 Å². The van der Waals surface area contributed by atoms with Crippen LogP contribution in [0.2, 0.25) is 0 Å². The number of allylic oxidation sites excluding steroid dienone is 4. The lowest BCUT2D eigenvalue weighted by Crippen LogP contribution is -2.05. The van der Waals surface area contributed by atoms with Crippen LogP contribution in [0.15, 0.2) is 24.3 Å². The number of hydrogen-bond acceptors (Lipinski definition) is 0. The van der Waals surface area contributed by atoms with Gasteiger partial charge in [-0.25, -0.2) is 0 Å². The van der Waals surface area contributed by atoms with E-state index in [2.05, 4.69) is 107 Å². The monoisotopic (exact) mass is 372 g/mol. The highest BCUT2D eigenvalue weighted by Crippen LogP contribution is 2.31. The largest absolute Gasteiger partial charge is 0.113 e. The lowest BCUT2D eigenvalue weighted by atomic mass is 9.97. The van der Waals surface area contributed by atoms with Gasteiger partial charge in [0.25, 0.3) is 0 Å². The molecule has 0 aliphatic heterocycles. The van der Waals surface area contributed by atoms with Crippen molar-refractivity contribution in [3.63, 3.8) is 0 Å². The first-order valence-corrected chi connectivity index (χ1v) is 11.7. The van der Waals surface area contributed by atoms with Gasteiger partial charge in [0, 0.05) is 0 Å². The molecule has 2 atom stereocenters. The molecule has 24 heavy (non-hydrogen) atoms. The molecule has 0 rings (SSSR count). The Hall–Kier alpha value is 0.340. The van der Waals surface area contributed by atoms with E-state index in [9.17, 15) is 0 Å². The van der Waals surface area contributed by atoms with Crippen molar-refractivity contribution in [1.29, 1.82) is 0 Å². The van der Waals surface area contributed by atoms with E-state index in [-0.39, 0.29) is 0 Å². The number of rotatable bonds is 4. The third-order valence-corrected chi connectivity index (χ3v) is 5.74. The maximum Gasteiger partial charge on any atom is -0.0167 e. The Balaban J connectivity index is 0. The topological polar surface area (TPSA) is 0 Å². The summed E-state index contributed by atoms with van der Waals surface area (Å²) in [5, 5.41) is 1.00. The smallest absolute Gasteiger partial charge is 0.0167 e. The Bertz CT molecular complexity index is 325. The molecule has 0 spiro atoms. The molecular formula is C22H46P2. The molecule has 0 radical (unpaired) electrons. The van der Waals surface area contributed by atoms with Gasteiger partial charge in [-0.05, 0) is 33.5 Å². The van der Waals surface area contributed by atoms with E-state index in [0.29, 0.717) is 21.1 Å². The second-order valence-electron chi connectivity index (χ2n) is 10.8. The minimum absolute atomic E-state index is 0.350. The van der Waals surface area contributed by atoms with Crippen molar-refractivity contribution in [3.05, 3.63) is 24.3 Å². The minimum atomic E-state index is 0.350. The summed E-state index contributed by atoms with van der Waals surface area (Å²) in [6.45, 7) is 27.3. The lowest BCUT2D eigenvalue weighted by molar-refractivity contribution is 0.543. The van der Waals surface area contributed by atoms with Gasteiger partial charge >= 0.3 is 0 Å². The molecule has 0 N–H and O–H groups in total. The van der Waals surface area contributed by atoms with Gasteiger partial charge in [-0.1, -0.05) is 107 Å². The van der Waals surface area contributed by atoms with E-state index in [1.165, 1.54) is 12.3 Å². The molecule has 0 aliphatic carbocycles. The molecule has 0 aromatic heterocycles. The van der Waals surface area contributed by atoms with Crippen molar-refractivity contribution in [2.45, 2.75) is 93.4 Å². The molecule has 2 heteroatoms. The van der Waals surface area contributed by atoms with Gasteiger partial charge in [0.05, 0.1) is 0 Å². The standard InChI is InChI=1S/2C11H23P/c2*1-10(2,3)8-7-9-12-11(4,5)6/h2*7-8,12H,9H2,1-6H3/b8-7+;8-7-. The predicted molar refractivity (Wildman–Crippen MR) is 123 cm³/mol. The third kappa shape index (κ3) is 30.2. The highest BCUT2D eigenvalue weighted by atomic mass is 31.1. The zero-order valence-electron chi connectivity index (χ0n) is 18.7. The summed E-state index contributed by atoms with van der Waals surface area (Å²) >= 11 is 0. The summed E-state index contributed by atoms with van der Waals surface area (Å²) in [6.07, 6.45) is 11.7. The quantitative estimate of drug-likeness (QED) is 0.345. The first-order valence-electron chi connectivity index (χ1n) is 9.27. The van der Waals surface area contributed by atoms with Crippen molar-refractivity contribution in [1.82, 2.24) is 0 Å². The molecule has 0 aliphatic rings. The Morgan fingerprint density at radius 2 is 0.750 bits per heavy atom. The van der Waals surface area contributed by atoms with Crippen LogP contribution in [0.3, 0.4) is 0 Å². The van der Waals surface area contributed by atoms with Crippen LogP contribution >= 0.6 is 17.2 Å². The molecule has 0 amide bonds. The van der Waals surface area contributed by atoms with E-state index >= 15 is 0 Å². The second kappa shape index (κ2) is 11.1. The van der Waals surface area contributed by atoms with Gasteiger partial charge in [-0.3, -0.25) is 0 Å². The summed E-state index contributed by atoms with van der Waals surface area (Å²) in [5.41, 5.74) is 0.699. The Morgan fingerprint density at radius 1 is 0.500 bits per heavy atom. The molecule has 0 saturated carbocycles. The number of hydrogen-bond donors (Lipinski definition) is 0. The lowest BCUT2D eigenvalue weighted by Gasteiger charge is -2.17. The Labute approximate surface area is 158 Å². The van der Waals surface area contributed by atoms with Gasteiger partial charge < -0.3 is 0 Å². The molecule has 2 unspecified atom stereocenters. The van der Waals surface area contributed by atoms with Crippen molar-refractivity contribution >= 4 is 17.2 Å². The fourth-order valence-electron chi connectivity index (χ4n) is 1.56. The van der Waals surface area contributed by atoms with Gasteiger partial charge in [-0.15, -0.1) is 17.2 Å². The highest BCUT2D eigenvalue weighted by molar-refractivity contribution is 7.40. The van der Waals surface area contributed by atoms with Crippen LogP contribution in [-0.2, 0) is 0 Å². The molecule has 0 aromatic rings. The normalized spacial score (nSPS) is 15.2. The first kappa shape index (κ1) is 26.6. The molecule has 0 bridgehead atoms. The summed E-state index contributed by atoms with van der Waals surface area (Å²) in [6, 6.07) is 0. The SMILES string of the molecule is CC(C)(C)/C=C/CPC(C)(C)C.CC(C)(C)/C=C\CPC(C)(C)C. The van der Waals surface area contributed by atoms with Crippen molar-refractivity contribution in [3.8, 4) is 0 Å². The van der Waals surface area contributed by atoms with Gasteiger partial charge in [0.15, 0.2) is 0 Å². The van der Waals surface area contributed by atoms with Gasteiger partial charge in [0.1, 0.15) is 0 Å². The van der Waals surface area contributed by atoms with E-state index in [1.54, 1.807) is 0 Å². The summed E-state index contributed by atoms with van der Waals surface area (Å²) in [4.78, 5) is 0. The average molecular weight is 373 g/mol.